The SMILES string of the molecule is C[C@H]1CCc2c(sc(NC(=O)/C(C#N)=C/c3ccc(-c4ccc(F)cc4)o3)c2C(N)=O)C1. The fourth-order valence-electron chi connectivity index (χ4n) is 3.76. The molecule has 2 amide bonds. The first-order chi connectivity index (χ1) is 15.4. The lowest BCUT2D eigenvalue weighted by Crippen LogP contribution is -2.19. The Morgan fingerprint density at radius 1 is 1.28 bits per heavy atom. The average Bonchev–Trinajstić information content (AvgIpc) is 3.36. The molecular weight excluding hydrogens is 429 g/mol. The quantitative estimate of drug-likeness (QED) is 0.426. The predicted octanol–water partition coefficient (Wildman–Crippen LogP) is 4.92. The number of amides is 2. The number of halogens is 1. The molecule has 8 heteroatoms. The number of nitriles is 1. The molecule has 1 aliphatic rings. The van der Waals surface area contributed by atoms with E-state index in [9.17, 15) is 19.2 Å². The third-order valence-electron chi connectivity index (χ3n) is 5.39. The minimum absolute atomic E-state index is 0.180. The number of hydrogen-bond acceptors (Lipinski definition) is 5. The second-order valence-electron chi connectivity index (χ2n) is 7.75. The van der Waals surface area contributed by atoms with Gasteiger partial charge in [-0.15, -0.1) is 11.3 Å². The van der Waals surface area contributed by atoms with Gasteiger partial charge in [-0.05, 0) is 67.1 Å². The first-order valence-electron chi connectivity index (χ1n) is 10.1. The summed E-state index contributed by atoms with van der Waals surface area (Å²) in [5, 5.41) is 12.6. The lowest BCUT2D eigenvalue weighted by Gasteiger charge is -2.18. The van der Waals surface area contributed by atoms with Gasteiger partial charge < -0.3 is 15.5 Å². The van der Waals surface area contributed by atoms with Crippen molar-refractivity contribution in [2.75, 3.05) is 5.32 Å². The summed E-state index contributed by atoms with van der Waals surface area (Å²) in [4.78, 5) is 25.9. The zero-order valence-corrected chi connectivity index (χ0v) is 18.1. The van der Waals surface area contributed by atoms with Crippen molar-refractivity contribution in [2.24, 2.45) is 11.7 Å². The van der Waals surface area contributed by atoms with Crippen LogP contribution in [0.4, 0.5) is 9.39 Å². The van der Waals surface area contributed by atoms with Crippen LogP contribution >= 0.6 is 11.3 Å². The first-order valence-corrected chi connectivity index (χ1v) is 10.9. The largest absolute Gasteiger partial charge is 0.457 e. The van der Waals surface area contributed by atoms with Crippen molar-refractivity contribution in [3.05, 3.63) is 69.6 Å². The van der Waals surface area contributed by atoms with E-state index in [2.05, 4.69) is 12.2 Å². The zero-order chi connectivity index (χ0) is 22.8. The molecule has 0 fully saturated rings. The summed E-state index contributed by atoms with van der Waals surface area (Å²) in [7, 11) is 0. The van der Waals surface area contributed by atoms with Crippen LogP contribution in [0.25, 0.3) is 17.4 Å². The van der Waals surface area contributed by atoms with Crippen LogP contribution in [0.2, 0.25) is 0 Å². The van der Waals surface area contributed by atoms with E-state index in [1.165, 1.54) is 29.5 Å². The highest BCUT2D eigenvalue weighted by molar-refractivity contribution is 7.17. The fraction of sp³-hybridized carbons (Fsp3) is 0.208. The number of fused-ring (bicyclic) bond motifs is 1. The van der Waals surface area contributed by atoms with Crippen LogP contribution in [0, 0.1) is 23.1 Å². The molecule has 0 radical (unpaired) electrons. The summed E-state index contributed by atoms with van der Waals surface area (Å²) in [6.07, 6.45) is 3.84. The number of nitrogens with two attached hydrogens (primary N) is 1. The van der Waals surface area contributed by atoms with Gasteiger partial charge in [0.2, 0.25) is 0 Å². The van der Waals surface area contributed by atoms with Gasteiger partial charge >= 0.3 is 0 Å². The Kier molecular flexibility index (Phi) is 5.93. The summed E-state index contributed by atoms with van der Waals surface area (Å²) < 4.78 is 18.8. The average molecular weight is 450 g/mol. The highest BCUT2D eigenvalue weighted by Gasteiger charge is 2.27. The van der Waals surface area contributed by atoms with Crippen molar-refractivity contribution in [1.29, 1.82) is 5.26 Å². The lowest BCUT2D eigenvalue weighted by atomic mass is 9.88. The molecule has 1 aromatic carbocycles. The second kappa shape index (κ2) is 8.81. The molecule has 3 N–H and O–H groups in total. The van der Waals surface area contributed by atoms with Gasteiger partial charge in [0.1, 0.15) is 34.0 Å². The number of hydrogen-bond donors (Lipinski definition) is 2. The fourth-order valence-corrected chi connectivity index (χ4v) is 5.17. The van der Waals surface area contributed by atoms with E-state index in [1.807, 2.05) is 6.07 Å². The highest BCUT2D eigenvalue weighted by Crippen LogP contribution is 2.39. The smallest absolute Gasteiger partial charge is 0.267 e. The Labute approximate surface area is 188 Å². The number of carbonyl (C=O) groups is 2. The van der Waals surface area contributed by atoms with Gasteiger partial charge in [-0.1, -0.05) is 6.92 Å². The topological polar surface area (TPSA) is 109 Å². The van der Waals surface area contributed by atoms with Crippen molar-refractivity contribution in [3.63, 3.8) is 0 Å². The number of anilines is 1. The van der Waals surface area contributed by atoms with Crippen molar-refractivity contribution < 1.29 is 18.4 Å². The Hall–Kier alpha value is -3.70. The van der Waals surface area contributed by atoms with Gasteiger partial charge in [-0.2, -0.15) is 5.26 Å². The molecule has 32 heavy (non-hydrogen) atoms. The number of rotatable bonds is 5. The van der Waals surface area contributed by atoms with Gasteiger partial charge in [-0.25, -0.2) is 4.39 Å². The van der Waals surface area contributed by atoms with E-state index in [0.29, 0.717) is 33.6 Å². The molecule has 1 aliphatic carbocycles. The summed E-state index contributed by atoms with van der Waals surface area (Å²) in [5.74, 6) is -0.334. The molecular formula is C24H20FN3O3S. The predicted molar refractivity (Wildman–Crippen MR) is 120 cm³/mol. The Bertz CT molecular complexity index is 1260. The van der Waals surface area contributed by atoms with Crippen LogP contribution in [-0.4, -0.2) is 11.8 Å². The molecule has 0 spiro atoms. The molecule has 162 valence electrons. The van der Waals surface area contributed by atoms with Crippen molar-refractivity contribution in [3.8, 4) is 17.4 Å². The Morgan fingerprint density at radius 2 is 2.03 bits per heavy atom. The van der Waals surface area contributed by atoms with E-state index >= 15 is 0 Å². The molecule has 2 aromatic heterocycles. The van der Waals surface area contributed by atoms with Crippen LogP contribution in [0.3, 0.4) is 0 Å². The molecule has 3 aromatic rings. The molecule has 0 unspecified atom stereocenters. The molecule has 0 bridgehead atoms. The number of nitrogens with one attached hydrogen (secondary N) is 1. The third-order valence-corrected chi connectivity index (χ3v) is 6.56. The van der Waals surface area contributed by atoms with Gasteiger partial charge in [0, 0.05) is 16.5 Å². The Balaban J connectivity index is 1.58. The summed E-state index contributed by atoms with van der Waals surface area (Å²) in [6.45, 7) is 2.14. The van der Waals surface area contributed by atoms with Crippen molar-refractivity contribution in [1.82, 2.24) is 0 Å². The van der Waals surface area contributed by atoms with Crippen molar-refractivity contribution in [2.45, 2.75) is 26.2 Å². The summed E-state index contributed by atoms with van der Waals surface area (Å²) in [6, 6.07) is 10.9. The molecule has 6 nitrogen and oxygen atoms in total. The van der Waals surface area contributed by atoms with Crippen LogP contribution in [0.5, 0.6) is 0 Å². The van der Waals surface area contributed by atoms with E-state index < -0.39 is 11.8 Å². The second-order valence-corrected chi connectivity index (χ2v) is 8.86. The maximum atomic E-state index is 13.1. The maximum absolute atomic E-state index is 13.1. The molecule has 0 saturated heterocycles. The van der Waals surface area contributed by atoms with Gasteiger partial charge in [0.05, 0.1) is 5.56 Å². The normalized spacial score (nSPS) is 15.7. The van der Waals surface area contributed by atoms with Gasteiger partial charge in [-0.3, -0.25) is 9.59 Å². The number of carbonyl (C=O) groups excluding carboxylic acids is 2. The highest BCUT2D eigenvalue weighted by atomic mass is 32.1. The van der Waals surface area contributed by atoms with E-state index in [-0.39, 0.29) is 11.4 Å². The maximum Gasteiger partial charge on any atom is 0.267 e. The number of primary amides is 1. The first kappa shape index (κ1) is 21.5. The van der Waals surface area contributed by atoms with E-state index in [4.69, 9.17) is 10.2 Å². The Morgan fingerprint density at radius 3 is 2.72 bits per heavy atom. The molecule has 4 rings (SSSR count). The molecule has 2 heterocycles. The molecule has 1 atom stereocenters. The molecule has 0 aliphatic heterocycles. The minimum atomic E-state index is -0.652. The minimum Gasteiger partial charge on any atom is -0.457 e. The monoisotopic (exact) mass is 449 g/mol. The van der Waals surface area contributed by atoms with Gasteiger partial charge in [0.25, 0.3) is 11.8 Å². The molecule has 0 saturated carbocycles. The third kappa shape index (κ3) is 4.34. The number of thiophene rings is 1. The number of nitrogens with zero attached hydrogens (tertiary/aromatic N) is 1. The zero-order valence-electron chi connectivity index (χ0n) is 17.3. The van der Waals surface area contributed by atoms with Crippen molar-refractivity contribution >= 4 is 34.2 Å². The van der Waals surface area contributed by atoms with E-state index in [0.717, 1.165) is 29.7 Å². The van der Waals surface area contributed by atoms with Crippen LogP contribution < -0.4 is 11.1 Å². The van der Waals surface area contributed by atoms with Crippen LogP contribution in [0.15, 0.2) is 46.4 Å². The van der Waals surface area contributed by atoms with E-state index in [1.54, 1.807) is 24.3 Å². The van der Waals surface area contributed by atoms with Crippen LogP contribution in [0.1, 0.15) is 39.9 Å². The standard InChI is InChI=1S/C24H20FN3O3S/c1-13-2-8-18-20(10-13)32-24(21(18)22(27)29)28-23(30)15(12-26)11-17-7-9-19(31-17)14-3-5-16(25)6-4-14/h3-7,9,11,13H,2,8,10H2,1H3,(H2,27,29)(H,28,30)/b15-11+/t13-/m0/s1. The summed E-state index contributed by atoms with van der Waals surface area (Å²) >= 11 is 1.34. The van der Waals surface area contributed by atoms with Gasteiger partial charge in [0.15, 0.2) is 0 Å². The summed E-state index contributed by atoms with van der Waals surface area (Å²) in [5.41, 5.74) is 7.31. The lowest BCUT2D eigenvalue weighted by molar-refractivity contribution is -0.112. The van der Waals surface area contributed by atoms with Crippen LogP contribution in [-0.2, 0) is 17.6 Å². The number of benzene rings is 1. The number of furan rings is 1.